The monoisotopic (exact) mass is 231 g/mol. The first-order valence-corrected chi connectivity index (χ1v) is 4.92. The van der Waals surface area contributed by atoms with Gasteiger partial charge in [-0.1, -0.05) is 11.6 Å². The average Bonchev–Trinajstić information content (AvgIpc) is 2.92. The minimum Gasteiger partial charge on any atom is -0.504 e. The second-order valence-corrected chi connectivity index (χ2v) is 4.17. The van der Waals surface area contributed by atoms with Crippen LogP contribution in [-0.2, 0) is 5.54 Å². The molecule has 1 aliphatic rings. The molecule has 15 heavy (non-hydrogen) atoms. The molecular formula is C10H11ClFNO2. The van der Waals surface area contributed by atoms with Crippen LogP contribution in [0.15, 0.2) is 6.07 Å². The predicted molar refractivity (Wildman–Crippen MR) is 54.7 cm³/mol. The fraction of sp³-hybridized carbons (Fsp3) is 0.400. The fourth-order valence-electron chi connectivity index (χ4n) is 1.56. The number of ether oxygens (including phenoxy) is 1. The van der Waals surface area contributed by atoms with E-state index in [0.29, 0.717) is 5.56 Å². The molecule has 1 aromatic rings. The summed E-state index contributed by atoms with van der Waals surface area (Å²) in [5.74, 6) is -1.46. The summed E-state index contributed by atoms with van der Waals surface area (Å²) < 4.78 is 18.3. The first-order chi connectivity index (χ1) is 6.99. The molecule has 0 saturated heterocycles. The third kappa shape index (κ3) is 1.54. The Morgan fingerprint density at radius 3 is 2.67 bits per heavy atom. The van der Waals surface area contributed by atoms with Crippen molar-refractivity contribution in [2.75, 3.05) is 7.11 Å². The third-order valence-corrected chi connectivity index (χ3v) is 2.96. The second kappa shape index (κ2) is 3.25. The normalized spacial score (nSPS) is 17.6. The van der Waals surface area contributed by atoms with E-state index in [1.165, 1.54) is 13.2 Å². The Bertz CT molecular complexity index is 418. The number of hydrogen-bond donors (Lipinski definition) is 2. The second-order valence-electron chi connectivity index (χ2n) is 3.76. The lowest BCUT2D eigenvalue weighted by Crippen LogP contribution is -2.19. The van der Waals surface area contributed by atoms with Crippen LogP contribution in [0.3, 0.4) is 0 Å². The Kier molecular flexibility index (Phi) is 2.28. The standard InChI is InChI=1S/C10H11ClFNO2/c1-15-9-6(11)4-5(8(14)7(9)12)10(13)2-3-10/h4,14H,2-3,13H2,1H3. The summed E-state index contributed by atoms with van der Waals surface area (Å²) in [7, 11) is 1.29. The largest absolute Gasteiger partial charge is 0.504 e. The van der Waals surface area contributed by atoms with Crippen LogP contribution in [0.25, 0.3) is 0 Å². The van der Waals surface area contributed by atoms with Crippen LogP contribution < -0.4 is 10.5 Å². The van der Waals surface area contributed by atoms with Crippen LogP contribution in [0.2, 0.25) is 5.02 Å². The van der Waals surface area contributed by atoms with Crippen LogP contribution in [0.5, 0.6) is 11.5 Å². The minimum atomic E-state index is -0.850. The molecule has 1 fully saturated rings. The van der Waals surface area contributed by atoms with Gasteiger partial charge in [-0.3, -0.25) is 0 Å². The third-order valence-electron chi connectivity index (χ3n) is 2.68. The van der Waals surface area contributed by atoms with Crippen LogP contribution in [0.1, 0.15) is 18.4 Å². The fourth-order valence-corrected chi connectivity index (χ4v) is 1.83. The van der Waals surface area contributed by atoms with Crippen molar-refractivity contribution in [1.29, 1.82) is 0 Å². The number of aromatic hydroxyl groups is 1. The molecule has 3 N–H and O–H groups in total. The van der Waals surface area contributed by atoms with E-state index in [1.54, 1.807) is 0 Å². The maximum Gasteiger partial charge on any atom is 0.208 e. The van der Waals surface area contributed by atoms with E-state index in [0.717, 1.165) is 12.8 Å². The molecular weight excluding hydrogens is 221 g/mol. The van der Waals surface area contributed by atoms with E-state index in [4.69, 9.17) is 22.1 Å². The van der Waals surface area contributed by atoms with Crippen molar-refractivity contribution >= 4 is 11.6 Å². The highest BCUT2D eigenvalue weighted by atomic mass is 35.5. The van der Waals surface area contributed by atoms with Crippen LogP contribution in [0, 0.1) is 5.82 Å². The number of methoxy groups -OCH3 is 1. The Hall–Kier alpha value is -1.00. The molecule has 0 atom stereocenters. The number of phenols is 1. The average molecular weight is 232 g/mol. The lowest BCUT2D eigenvalue weighted by Gasteiger charge is -2.15. The van der Waals surface area contributed by atoms with Crippen molar-refractivity contribution < 1.29 is 14.2 Å². The van der Waals surface area contributed by atoms with Crippen molar-refractivity contribution in [2.45, 2.75) is 18.4 Å². The van der Waals surface area contributed by atoms with Gasteiger partial charge in [0.2, 0.25) is 5.82 Å². The van der Waals surface area contributed by atoms with E-state index < -0.39 is 17.1 Å². The number of rotatable bonds is 2. The number of phenolic OH excluding ortho intramolecular Hbond substituents is 1. The zero-order chi connectivity index (χ0) is 11.2. The highest BCUT2D eigenvalue weighted by Gasteiger charge is 2.43. The topological polar surface area (TPSA) is 55.5 Å². The minimum absolute atomic E-state index is 0.125. The molecule has 2 rings (SSSR count). The molecule has 1 saturated carbocycles. The van der Waals surface area contributed by atoms with Crippen molar-refractivity contribution in [2.24, 2.45) is 5.73 Å². The van der Waals surface area contributed by atoms with E-state index in [9.17, 15) is 9.50 Å². The van der Waals surface area contributed by atoms with Crippen LogP contribution in [0.4, 0.5) is 4.39 Å². The maximum atomic E-state index is 13.6. The van der Waals surface area contributed by atoms with E-state index in [-0.39, 0.29) is 10.8 Å². The van der Waals surface area contributed by atoms with Gasteiger partial charge in [-0.05, 0) is 18.9 Å². The van der Waals surface area contributed by atoms with Gasteiger partial charge in [0.05, 0.1) is 12.1 Å². The van der Waals surface area contributed by atoms with Gasteiger partial charge in [0.25, 0.3) is 0 Å². The number of benzene rings is 1. The summed E-state index contributed by atoms with van der Waals surface area (Å²) in [5.41, 5.74) is 5.60. The van der Waals surface area contributed by atoms with Gasteiger partial charge in [-0.15, -0.1) is 0 Å². The number of halogens is 2. The quantitative estimate of drug-likeness (QED) is 0.820. The van der Waals surface area contributed by atoms with Gasteiger partial charge in [-0.25, -0.2) is 0 Å². The predicted octanol–water partition coefficient (Wildman–Crippen LogP) is 2.14. The Labute approximate surface area is 91.6 Å². The van der Waals surface area contributed by atoms with Gasteiger partial charge >= 0.3 is 0 Å². The van der Waals surface area contributed by atoms with E-state index in [2.05, 4.69) is 0 Å². The summed E-state index contributed by atoms with van der Waals surface area (Å²) in [4.78, 5) is 0. The van der Waals surface area contributed by atoms with Crippen LogP contribution >= 0.6 is 11.6 Å². The summed E-state index contributed by atoms with van der Waals surface area (Å²) in [5, 5.41) is 9.74. The Morgan fingerprint density at radius 2 is 2.20 bits per heavy atom. The van der Waals surface area contributed by atoms with Crippen LogP contribution in [-0.4, -0.2) is 12.2 Å². The molecule has 0 spiro atoms. The molecule has 3 nitrogen and oxygen atoms in total. The molecule has 0 unspecified atom stereocenters. The van der Waals surface area contributed by atoms with Crippen molar-refractivity contribution in [3.63, 3.8) is 0 Å². The molecule has 0 amide bonds. The first-order valence-electron chi connectivity index (χ1n) is 4.54. The van der Waals surface area contributed by atoms with E-state index >= 15 is 0 Å². The van der Waals surface area contributed by atoms with Crippen molar-refractivity contribution in [1.82, 2.24) is 0 Å². The molecule has 0 aliphatic heterocycles. The van der Waals surface area contributed by atoms with Crippen molar-refractivity contribution in [3.05, 3.63) is 22.5 Å². The summed E-state index contributed by atoms with van der Waals surface area (Å²) in [6, 6.07) is 1.46. The number of hydrogen-bond acceptors (Lipinski definition) is 3. The lowest BCUT2D eigenvalue weighted by molar-refractivity contribution is 0.360. The summed E-state index contributed by atoms with van der Waals surface area (Å²) >= 11 is 5.81. The Balaban J connectivity index is 2.59. The molecule has 82 valence electrons. The highest BCUT2D eigenvalue weighted by molar-refractivity contribution is 6.32. The zero-order valence-corrected chi connectivity index (χ0v) is 8.94. The SMILES string of the molecule is COc1c(Cl)cc(C2(N)CC2)c(O)c1F. The van der Waals surface area contributed by atoms with Gasteiger partial charge < -0.3 is 15.6 Å². The van der Waals surface area contributed by atoms with Gasteiger partial charge in [-0.2, -0.15) is 4.39 Å². The molecule has 0 bridgehead atoms. The molecule has 5 heteroatoms. The summed E-state index contributed by atoms with van der Waals surface area (Å²) in [6.45, 7) is 0. The number of nitrogens with two attached hydrogens (primary N) is 1. The smallest absolute Gasteiger partial charge is 0.208 e. The first kappa shape index (κ1) is 10.5. The molecule has 0 radical (unpaired) electrons. The lowest BCUT2D eigenvalue weighted by atomic mass is 10.0. The molecule has 0 heterocycles. The molecule has 0 aromatic heterocycles. The van der Waals surface area contributed by atoms with Crippen molar-refractivity contribution in [3.8, 4) is 11.5 Å². The molecule has 1 aliphatic carbocycles. The van der Waals surface area contributed by atoms with E-state index in [1.807, 2.05) is 0 Å². The van der Waals surface area contributed by atoms with Gasteiger partial charge in [0.1, 0.15) is 0 Å². The Morgan fingerprint density at radius 1 is 1.60 bits per heavy atom. The van der Waals surface area contributed by atoms with Gasteiger partial charge in [0, 0.05) is 11.1 Å². The zero-order valence-electron chi connectivity index (χ0n) is 8.18. The summed E-state index contributed by atoms with van der Waals surface area (Å²) in [6.07, 6.45) is 1.45. The molecule has 1 aromatic carbocycles. The highest BCUT2D eigenvalue weighted by Crippen LogP contribution is 2.49. The van der Waals surface area contributed by atoms with Gasteiger partial charge in [0.15, 0.2) is 11.5 Å². The maximum absolute atomic E-state index is 13.6.